The molecule has 2 amide bonds. The Morgan fingerprint density at radius 2 is 1.87 bits per heavy atom. The van der Waals surface area contributed by atoms with E-state index in [9.17, 15) is 9.59 Å². The Hall–Kier alpha value is -2.53. The number of rotatable bonds is 9. The highest BCUT2D eigenvalue weighted by atomic mass is 35.5. The number of ether oxygens (including phenoxy) is 1. The molecule has 1 atom stereocenters. The highest BCUT2D eigenvalue weighted by molar-refractivity contribution is 6.31. The number of nitrogens with zero attached hydrogens (tertiary/aromatic N) is 1. The van der Waals surface area contributed by atoms with Crippen LogP contribution in [0, 0.1) is 6.92 Å². The van der Waals surface area contributed by atoms with Crippen LogP contribution in [-0.4, -0.2) is 41.9 Å². The Morgan fingerprint density at radius 1 is 1.16 bits per heavy atom. The lowest BCUT2D eigenvalue weighted by molar-refractivity contribution is -0.141. The number of halogens is 1. The molecule has 5 nitrogen and oxygen atoms in total. The van der Waals surface area contributed by atoms with Crippen LogP contribution < -0.4 is 10.1 Å². The first-order valence-corrected chi connectivity index (χ1v) is 11.3. The minimum absolute atomic E-state index is 0.101. The van der Waals surface area contributed by atoms with Gasteiger partial charge in [0.2, 0.25) is 5.91 Å². The molecule has 1 N–H and O–H groups in total. The average molecular weight is 443 g/mol. The van der Waals surface area contributed by atoms with Crippen LogP contribution in [0.3, 0.4) is 0 Å². The number of hydrogen-bond donors (Lipinski definition) is 1. The van der Waals surface area contributed by atoms with Gasteiger partial charge < -0.3 is 15.0 Å². The van der Waals surface area contributed by atoms with E-state index in [0.29, 0.717) is 23.7 Å². The Morgan fingerprint density at radius 3 is 2.55 bits per heavy atom. The Labute approximate surface area is 189 Å². The molecule has 166 valence electrons. The number of carbonyl (C=O) groups excluding carboxylic acids is 2. The molecule has 1 fully saturated rings. The topological polar surface area (TPSA) is 58.6 Å². The van der Waals surface area contributed by atoms with E-state index in [0.717, 1.165) is 36.8 Å². The molecule has 2 aromatic rings. The van der Waals surface area contributed by atoms with Crippen molar-refractivity contribution in [1.29, 1.82) is 0 Å². The fraction of sp³-hybridized carbons (Fsp3) is 0.440. The van der Waals surface area contributed by atoms with Crippen molar-refractivity contribution in [2.24, 2.45) is 0 Å². The SMILES string of the molecule is Cc1cc(OCC(=O)N(CCc2ccccc2)[C@@H](C)C(=O)NC2CCCC2)ccc1Cl. The lowest BCUT2D eigenvalue weighted by Gasteiger charge is -2.29. The van der Waals surface area contributed by atoms with Gasteiger partial charge in [0.15, 0.2) is 6.61 Å². The first-order valence-electron chi connectivity index (χ1n) is 11.0. The number of benzene rings is 2. The van der Waals surface area contributed by atoms with Crippen LogP contribution in [0.4, 0.5) is 0 Å². The normalized spacial score (nSPS) is 14.8. The van der Waals surface area contributed by atoms with Gasteiger partial charge in [-0.1, -0.05) is 54.8 Å². The molecule has 0 aromatic heterocycles. The minimum atomic E-state index is -0.563. The first kappa shape index (κ1) is 23.1. The third-order valence-corrected chi connectivity index (χ3v) is 6.27. The Balaban J connectivity index is 1.65. The molecule has 0 bridgehead atoms. The van der Waals surface area contributed by atoms with Crippen molar-refractivity contribution in [3.63, 3.8) is 0 Å². The lowest BCUT2D eigenvalue weighted by Crippen LogP contribution is -2.51. The van der Waals surface area contributed by atoms with E-state index in [4.69, 9.17) is 16.3 Å². The molecule has 31 heavy (non-hydrogen) atoms. The molecule has 0 radical (unpaired) electrons. The second-order valence-corrected chi connectivity index (χ2v) is 8.60. The molecule has 0 unspecified atom stereocenters. The minimum Gasteiger partial charge on any atom is -0.484 e. The van der Waals surface area contributed by atoms with Crippen LogP contribution in [0.25, 0.3) is 0 Å². The third kappa shape index (κ3) is 6.73. The molecule has 1 aliphatic carbocycles. The summed E-state index contributed by atoms with van der Waals surface area (Å²) in [6.07, 6.45) is 4.98. The van der Waals surface area contributed by atoms with E-state index in [1.54, 1.807) is 30.0 Å². The summed E-state index contributed by atoms with van der Waals surface area (Å²) in [7, 11) is 0. The van der Waals surface area contributed by atoms with Crippen LogP contribution in [-0.2, 0) is 16.0 Å². The Bertz CT molecular complexity index is 882. The highest BCUT2D eigenvalue weighted by Gasteiger charge is 2.28. The van der Waals surface area contributed by atoms with Gasteiger partial charge >= 0.3 is 0 Å². The maximum Gasteiger partial charge on any atom is 0.261 e. The summed E-state index contributed by atoms with van der Waals surface area (Å²) < 4.78 is 5.72. The number of amides is 2. The molecule has 2 aromatic carbocycles. The van der Waals surface area contributed by atoms with Crippen molar-refractivity contribution in [3.8, 4) is 5.75 Å². The molecular weight excluding hydrogens is 412 g/mol. The number of nitrogens with one attached hydrogen (secondary N) is 1. The van der Waals surface area contributed by atoms with E-state index < -0.39 is 6.04 Å². The zero-order valence-electron chi connectivity index (χ0n) is 18.3. The molecule has 0 saturated heterocycles. The van der Waals surface area contributed by atoms with Crippen LogP contribution in [0.2, 0.25) is 5.02 Å². The monoisotopic (exact) mass is 442 g/mol. The molecule has 1 saturated carbocycles. The van der Waals surface area contributed by atoms with Gasteiger partial charge in [0.05, 0.1) is 0 Å². The maximum absolute atomic E-state index is 13.1. The summed E-state index contributed by atoms with van der Waals surface area (Å²) in [5, 5.41) is 3.76. The van der Waals surface area contributed by atoms with Crippen molar-refractivity contribution in [2.75, 3.05) is 13.2 Å². The van der Waals surface area contributed by atoms with E-state index in [1.165, 1.54) is 0 Å². The standard InChI is InChI=1S/C25H31ClN2O3/c1-18-16-22(12-13-23(18)26)31-17-24(29)28(15-14-20-8-4-3-5-9-20)19(2)25(30)27-21-10-6-7-11-21/h3-5,8-9,12-13,16,19,21H,6-7,10-11,14-15,17H2,1-2H3,(H,27,30)/t19-/m0/s1. The van der Waals surface area contributed by atoms with Gasteiger partial charge in [0.1, 0.15) is 11.8 Å². The molecule has 0 spiro atoms. The van der Waals surface area contributed by atoms with E-state index in [-0.39, 0.29) is 24.5 Å². The summed E-state index contributed by atoms with van der Waals surface area (Å²) in [6, 6.07) is 14.9. The van der Waals surface area contributed by atoms with Gasteiger partial charge in [0.25, 0.3) is 5.91 Å². The van der Waals surface area contributed by atoms with Gasteiger partial charge in [0, 0.05) is 17.6 Å². The van der Waals surface area contributed by atoms with Crippen molar-refractivity contribution >= 4 is 23.4 Å². The lowest BCUT2D eigenvalue weighted by atomic mass is 10.1. The summed E-state index contributed by atoms with van der Waals surface area (Å²) in [5.74, 6) is 0.273. The van der Waals surface area contributed by atoms with Crippen LogP contribution >= 0.6 is 11.6 Å². The first-order chi connectivity index (χ1) is 14.9. The van der Waals surface area contributed by atoms with Crippen molar-refractivity contribution in [1.82, 2.24) is 10.2 Å². The molecule has 3 rings (SSSR count). The van der Waals surface area contributed by atoms with Gasteiger partial charge in [-0.15, -0.1) is 0 Å². The van der Waals surface area contributed by atoms with Gasteiger partial charge in [-0.05, 0) is 62.4 Å². The van der Waals surface area contributed by atoms with Crippen molar-refractivity contribution in [3.05, 3.63) is 64.7 Å². The van der Waals surface area contributed by atoms with Crippen molar-refractivity contribution < 1.29 is 14.3 Å². The molecule has 0 heterocycles. The number of carbonyl (C=O) groups is 2. The number of hydrogen-bond acceptors (Lipinski definition) is 3. The summed E-state index contributed by atoms with van der Waals surface area (Å²) in [6.45, 7) is 4.00. The molecule has 0 aliphatic heterocycles. The second kappa shape index (κ2) is 11.2. The van der Waals surface area contributed by atoms with Crippen molar-refractivity contribution in [2.45, 2.75) is 58.0 Å². The van der Waals surface area contributed by atoms with Crippen LogP contribution in [0.15, 0.2) is 48.5 Å². The average Bonchev–Trinajstić information content (AvgIpc) is 3.28. The van der Waals surface area contributed by atoms with Crippen LogP contribution in [0.5, 0.6) is 5.75 Å². The number of aryl methyl sites for hydroxylation is 1. The smallest absolute Gasteiger partial charge is 0.261 e. The van der Waals surface area contributed by atoms with E-state index in [1.807, 2.05) is 37.3 Å². The van der Waals surface area contributed by atoms with Gasteiger partial charge in [-0.2, -0.15) is 0 Å². The molecule has 1 aliphatic rings. The summed E-state index contributed by atoms with van der Waals surface area (Å²) in [5.41, 5.74) is 2.01. The van der Waals surface area contributed by atoms with Gasteiger partial charge in [-0.3, -0.25) is 9.59 Å². The largest absolute Gasteiger partial charge is 0.484 e. The van der Waals surface area contributed by atoms with Crippen LogP contribution in [0.1, 0.15) is 43.7 Å². The van der Waals surface area contributed by atoms with E-state index in [2.05, 4.69) is 5.32 Å². The Kier molecular flexibility index (Phi) is 8.35. The summed E-state index contributed by atoms with van der Waals surface area (Å²) >= 11 is 6.06. The maximum atomic E-state index is 13.1. The van der Waals surface area contributed by atoms with E-state index >= 15 is 0 Å². The zero-order valence-corrected chi connectivity index (χ0v) is 19.0. The summed E-state index contributed by atoms with van der Waals surface area (Å²) in [4.78, 5) is 27.5. The molecular formula is C25H31ClN2O3. The fourth-order valence-corrected chi connectivity index (χ4v) is 4.01. The zero-order chi connectivity index (χ0) is 22.2. The molecule has 6 heteroatoms. The highest BCUT2D eigenvalue weighted by Crippen LogP contribution is 2.21. The fourth-order valence-electron chi connectivity index (χ4n) is 3.90. The predicted octanol–water partition coefficient (Wildman–Crippen LogP) is 4.55. The second-order valence-electron chi connectivity index (χ2n) is 8.19. The van der Waals surface area contributed by atoms with Gasteiger partial charge in [-0.25, -0.2) is 0 Å². The third-order valence-electron chi connectivity index (χ3n) is 5.84. The predicted molar refractivity (Wildman–Crippen MR) is 123 cm³/mol. The quantitative estimate of drug-likeness (QED) is 0.620.